The molecule has 6 heteroatoms. The number of nitrogens with zero attached hydrogens (tertiary/aromatic N) is 3. The van der Waals surface area contributed by atoms with Gasteiger partial charge in [-0.3, -0.25) is 0 Å². The minimum atomic E-state index is -2.83. The Hall–Kier alpha value is -0.910. The Morgan fingerprint density at radius 1 is 1.32 bits per heavy atom. The molecule has 0 bridgehead atoms. The normalized spacial score (nSPS) is 29.9. The molecule has 0 spiro atoms. The van der Waals surface area contributed by atoms with E-state index in [9.17, 15) is 8.42 Å². The van der Waals surface area contributed by atoms with Gasteiger partial charge >= 0.3 is 0 Å². The minimum absolute atomic E-state index is 0.207. The first-order chi connectivity index (χ1) is 9.03. The molecule has 2 aliphatic rings. The Morgan fingerprint density at radius 3 is 2.89 bits per heavy atom. The molecule has 2 unspecified atom stereocenters. The molecule has 0 saturated carbocycles. The number of rotatable bonds is 2. The van der Waals surface area contributed by atoms with Crippen LogP contribution in [0.4, 0.5) is 0 Å². The fourth-order valence-corrected chi connectivity index (χ4v) is 5.01. The first kappa shape index (κ1) is 13.1. The fraction of sp³-hybridized carbons (Fsp3) is 0.846. The predicted molar refractivity (Wildman–Crippen MR) is 72.8 cm³/mol. The molecule has 1 fully saturated rings. The Labute approximate surface area is 114 Å². The largest absolute Gasteiger partial charge is 0.250 e. The fourth-order valence-electron chi connectivity index (χ4n) is 3.23. The molecular weight excluding hydrogens is 262 g/mol. The molecule has 2 aliphatic heterocycles. The topological polar surface area (TPSA) is 64.8 Å². The van der Waals surface area contributed by atoms with Crippen LogP contribution in [0.1, 0.15) is 50.2 Å². The van der Waals surface area contributed by atoms with E-state index in [0.717, 1.165) is 37.5 Å². The summed E-state index contributed by atoms with van der Waals surface area (Å²) in [5.41, 5.74) is 0. The van der Waals surface area contributed by atoms with E-state index in [1.807, 2.05) is 4.68 Å². The molecule has 0 aliphatic carbocycles. The summed E-state index contributed by atoms with van der Waals surface area (Å²) >= 11 is 0. The molecule has 1 aromatic heterocycles. The zero-order valence-corrected chi connectivity index (χ0v) is 12.2. The molecule has 5 nitrogen and oxygen atoms in total. The first-order valence-corrected chi connectivity index (χ1v) is 9.00. The summed E-state index contributed by atoms with van der Waals surface area (Å²) in [4.78, 5) is 4.63. The molecule has 3 rings (SSSR count). The highest BCUT2D eigenvalue weighted by atomic mass is 32.2. The first-order valence-electron chi connectivity index (χ1n) is 7.17. The third-order valence-electron chi connectivity index (χ3n) is 4.22. The Kier molecular flexibility index (Phi) is 3.37. The summed E-state index contributed by atoms with van der Waals surface area (Å²) in [6.07, 6.45) is 4.83. The van der Waals surface area contributed by atoms with Gasteiger partial charge in [0, 0.05) is 18.9 Å². The van der Waals surface area contributed by atoms with Crippen LogP contribution in [0, 0.1) is 5.92 Å². The molecular formula is C13H21N3O2S. The van der Waals surface area contributed by atoms with Crippen LogP contribution in [0.5, 0.6) is 0 Å². The molecule has 0 radical (unpaired) electrons. The van der Waals surface area contributed by atoms with Gasteiger partial charge in [0.1, 0.15) is 5.82 Å². The maximum Gasteiger partial charge on any atom is 0.151 e. The Balaban J connectivity index is 1.73. The molecule has 106 valence electrons. The highest BCUT2D eigenvalue weighted by Gasteiger charge is 2.27. The molecule has 3 heterocycles. The zero-order chi connectivity index (χ0) is 13.5. The van der Waals surface area contributed by atoms with E-state index in [4.69, 9.17) is 0 Å². The van der Waals surface area contributed by atoms with Crippen molar-refractivity contribution >= 4 is 9.84 Å². The second-order valence-electron chi connectivity index (χ2n) is 5.98. The molecule has 0 N–H and O–H groups in total. The molecule has 1 saturated heterocycles. The van der Waals surface area contributed by atoms with E-state index < -0.39 is 9.84 Å². The third-order valence-corrected chi connectivity index (χ3v) is 6.11. The number of hydrogen-bond acceptors (Lipinski definition) is 4. The summed E-state index contributed by atoms with van der Waals surface area (Å²) in [7, 11) is -2.83. The van der Waals surface area contributed by atoms with Crippen LogP contribution in [0.25, 0.3) is 0 Å². The van der Waals surface area contributed by atoms with E-state index in [-0.39, 0.29) is 5.92 Å². The summed E-state index contributed by atoms with van der Waals surface area (Å²) < 4.78 is 25.3. The van der Waals surface area contributed by atoms with Gasteiger partial charge in [0.05, 0.1) is 11.5 Å². The van der Waals surface area contributed by atoms with Gasteiger partial charge in [-0.1, -0.05) is 6.92 Å². The summed E-state index contributed by atoms with van der Waals surface area (Å²) in [5, 5.41) is 4.55. The van der Waals surface area contributed by atoms with Crippen molar-refractivity contribution in [1.29, 1.82) is 0 Å². The SMILES string of the molecule is CC1CCCn2nc(CC3CCCS(=O)(=O)C3)nc21. The van der Waals surface area contributed by atoms with Gasteiger partial charge in [-0.25, -0.2) is 18.1 Å². The van der Waals surface area contributed by atoms with Crippen LogP contribution >= 0.6 is 0 Å². The Bertz CT molecular complexity index is 564. The van der Waals surface area contributed by atoms with Gasteiger partial charge in [-0.05, 0) is 31.6 Å². The van der Waals surface area contributed by atoms with Crippen molar-refractivity contribution in [3.8, 4) is 0 Å². The van der Waals surface area contributed by atoms with E-state index in [2.05, 4.69) is 17.0 Å². The van der Waals surface area contributed by atoms with Gasteiger partial charge in [-0.2, -0.15) is 5.10 Å². The van der Waals surface area contributed by atoms with E-state index in [0.29, 0.717) is 23.8 Å². The van der Waals surface area contributed by atoms with Gasteiger partial charge < -0.3 is 0 Å². The molecule has 1 aromatic rings. The smallest absolute Gasteiger partial charge is 0.151 e. The highest BCUT2D eigenvalue weighted by molar-refractivity contribution is 7.91. The van der Waals surface area contributed by atoms with Crippen LogP contribution in [0.15, 0.2) is 0 Å². The van der Waals surface area contributed by atoms with Crippen LogP contribution in [0.2, 0.25) is 0 Å². The van der Waals surface area contributed by atoms with E-state index >= 15 is 0 Å². The number of sulfone groups is 1. The van der Waals surface area contributed by atoms with Crippen molar-refractivity contribution in [2.45, 2.75) is 51.5 Å². The van der Waals surface area contributed by atoms with E-state index in [1.165, 1.54) is 6.42 Å². The lowest BCUT2D eigenvalue weighted by Gasteiger charge is -2.20. The highest BCUT2D eigenvalue weighted by Crippen LogP contribution is 2.26. The van der Waals surface area contributed by atoms with Gasteiger partial charge in [-0.15, -0.1) is 0 Å². The average Bonchev–Trinajstić information content (AvgIpc) is 2.71. The third kappa shape index (κ3) is 2.83. The lowest BCUT2D eigenvalue weighted by molar-refractivity contribution is 0.429. The average molecular weight is 283 g/mol. The van der Waals surface area contributed by atoms with Crippen molar-refractivity contribution < 1.29 is 8.42 Å². The lowest BCUT2D eigenvalue weighted by atomic mass is 10.0. The maximum absolute atomic E-state index is 11.7. The molecule has 2 atom stereocenters. The monoisotopic (exact) mass is 283 g/mol. The second kappa shape index (κ2) is 4.89. The standard InChI is InChI=1S/C13H21N3O2S/c1-10-4-2-6-16-13(10)14-12(15-16)8-11-5-3-7-19(17,18)9-11/h10-11H,2-9H2,1H3. The molecule has 0 amide bonds. The number of aromatic nitrogens is 3. The van der Waals surface area contributed by atoms with Crippen molar-refractivity contribution in [2.24, 2.45) is 5.92 Å². The summed E-state index contributed by atoms with van der Waals surface area (Å²) in [5.74, 6) is 3.27. The van der Waals surface area contributed by atoms with Crippen molar-refractivity contribution in [3.63, 3.8) is 0 Å². The number of fused-ring (bicyclic) bond motifs is 1. The van der Waals surface area contributed by atoms with Crippen LogP contribution < -0.4 is 0 Å². The predicted octanol–water partition coefficient (Wildman–Crippen LogP) is 1.54. The minimum Gasteiger partial charge on any atom is -0.250 e. The maximum atomic E-state index is 11.7. The molecule has 19 heavy (non-hydrogen) atoms. The lowest BCUT2D eigenvalue weighted by Crippen LogP contribution is -2.26. The van der Waals surface area contributed by atoms with Gasteiger partial charge in [0.15, 0.2) is 15.7 Å². The second-order valence-corrected chi connectivity index (χ2v) is 8.21. The van der Waals surface area contributed by atoms with Crippen molar-refractivity contribution in [3.05, 3.63) is 11.6 Å². The zero-order valence-electron chi connectivity index (χ0n) is 11.4. The summed E-state index contributed by atoms with van der Waals surface area (Å²) in [6.45, 7) is 3.14. The van der Waals surface area contributed by atoms with E-state index in [1.54, 1.807) is 0 Å². The number of hydrogen-bond donors (Lipinski definition) is 0. The number of aryl methyl sites for hydroxylation is 1. The van der Waals surface area contributed by atoms with Gasteiger partial charge in [0.25, 0.3) is 0 Å². The summed E-state index contributed by atoms with van der Waals surface area (Å²) in [6, 6.07) is 0. The molecule has 0 aromatic carbocycles. The van der Waals surface area contributed by atoms with Crippen LogP contribution in [0.3, 0.4) is 0 Å². The van der Waals surface area contributed by atoms with Gasteiger partial charge in [0.2, 0.25) is 0 Å². The quantitative estimate of drug-likeness (QED) is 0.826. The van der Waals surface area contributed by atoms with Crippen LogP contribution in [-0.4, -0.2) is 34.7 Å². The van der Waals surface area contributed by atoms with Crippen molar-refractivity contribution in [1.82, 2.24) is 14.8 Å². The van der Waals surface area contributed by atoms with Crippen LogP contribution in [-0.2, 0) is 22.8 Å². The van der Waals surface area contributed by atoms with Crippen molar-refractivity contribution in [2.75, 3.05) is 11.5 Å². The Morgan fingerprint density at radius 2 is 2.16 bits per heavy atom.